The average Bonchev–Trinajstić information content (AvgIpc) is 2.50. The fourth-order valence-corrected chi connectivity index (χ4v) is 1.92. The van der Waals surface area contributed by atoms with Crippen LogP contribution in [0.5, 0.6) is 0 Å². The predicted octanol–water partition coefficient (Wildman–Crippen LogP) is 3.01. The number of benzene rings is 1. The van der Waals surface area contributed by atoms with Crippen molar-refractivity contribution in [1.82, 2.24) is 15.6 Å². The van der Waals surface area contributed by atoms with Gasteiger partial charge in [-0.3, -0.25) is 9.98 Å². The molecular formula is C16H20FIN4. The third kappa shape index (κ3) is 5.25. The molecule has 2 aromatic rings. The van der Waals surface area contributed by atoms with Crippen molar-refractivity contribution in [2.75, 3.05) is 7.05 Å². The van der Waals surface area contributed by atoms with Gasteiger partial charge in [-0.15, -0.1) is 24.0 Å². The number of hydrogen-bond donors (Lipinski definition) is 2. The van der Waals surface area contributed by atoms with Crippen LogP contribution in [-0.2, 0) is 13.1 Å². The van der Waals surface area contributed by atoms with Crippen molar-refractivity contribution < 1.29 is 4.39 Å². The van der Waals surface area contributed by atoms with Gasteiger partial charge in [0.2, 0.25) is 0 Å². The second-order valence-corrected chi connectivity index (χ2v) is 4.64. The zero-order valence-corrected chi connectivity index (χ0v) is 15.0. The Morgan fingerprint density at radius 1 is 1.14 bits per heavy atom. The molecule has 0 aliphatic heterocycles. The summed E-state index contributed by atoms with van der Waals surface area (Å²) in [6.07, 6.45) is 1.57. The van der Waals surface area contributed by atoms with Gasteiger partial charge in [0.15, 0.2) is 5.96 Å². The highest BCUT2D eigenvalue weighted by molar-refractivity contribution is 14.0. The van der Waals surface area contributed by atoms with Gasteiger partial charge in [-0.25, -0.2) is 4.39 Å². The molecule has 1 aromatic carbocycles. The van der Waals surface area contributed by atoms with Gasteiger partial charge >= 0.3 is 0 Å². The van der Waals surface area contributed by atoms with Crippen molar-refractivity contribution in [2.24, 2.45) is 4.99 Å². The number of halogens is 2. The first-order valence-corrected chi connectivity index (χ1v) is 6.79. The molecule has 2 rings (SSSR count). The predicted molar refractivity (Wildman–Crippen MR) is 97.8 cm³/mol. The Bertz CT molecular complexity index is 580. The highest BCUT2D eigenvalue weighted by Crippen LogP contribution is 2.06. The minimum absolute atomic E-state index is 0. The van der Waals surface area contributed by atoms with Crippen LogP contribution in [0.4, 0.5) is 4.39 Å². The molecule has 4 nitrogen and oxygen atoms in total. The summed E-state index contributed by atoms with van der Waals surface area (Å²) < 4.78 is 13.5. The molecule has 0 amide bonds. The third-order valence-corrected chi connectivity index (χ3v) is 3.19. The van der Waals surface area contributed by atoms with Crippen molar-refractivity contribution in [3.63, 3.8) is 0 Å². The molecule has 0 spiro atoms. The van der Waals surface area contributed by atoms with Crippen LogP contribution in [0, 0.1) is 12.7 Å². The van der Waals surface area contributed by atoms with Crippen molar-refractivity contribution in [3.05, 3.63) is 65.2 Å². The lowest BCUT2D eigenvalue weighted by atomic mass is 10.1. The summed E-state index contributed by atoms with van der Waals surface area (Å²) in [5.74, 6) is 0.294. The van der Waals surface area contributed by atoms with Gasteiger partial charge in [-0.1, -0.05) is 24.3 Å². The molecule has 0 radical (unpaired) electrons. The molecule has 0 aliphatic carbocycles. The SMILES string of the molecule is CN=C(NCc1ccccc1C)NCc1ncccc1F.I. The Morgan fingerprint density at radius 3 is 2.55 bits per heavy atom. The molecule has 1 aromatic heterocycles. The number of hydrogen-bond acceptors (Lipinski definition) is 2. The highest BCUT2D eigenvalue weighted by atomic mass is 127. The van der Waals surface area contributed by atoms with E-state index in [1.165, 1.54) is 17.2 Å². The first-order valence-electron chi connectivity index (χ1n) is 6.79. The van der Waals surface area contributed by atoms with E-state index < -0.39 is 0 Å². The van der Waals surface area contributed by atoms with E-state index in [1.54, 1.807) is 19.3 Å². The van der Waals surface area contributed by atoms with E-state index in [0.717, 1.165) is 0 Å². The van der Waals surface area contributed by atoms with E-state index in [1.807, 2.05) is 12.1 Å². The van der Waals surface area contributed by atoms with Gasteiger partial charge < -0.3 is 10.6 Å². The first kappa shape index (κ1) is 18.3. The summed E-state index contributed by atoms with van der Waals surface area (Å²) in [4.78, 5) is 8.12. The van der Waals surface area contributed by atoms with Crippen LogP contribution in [-0.4, -0.2) is 18.0 Å². The molecule has 6 heteroatoms. The van der Waals surface area contributed by atoms with E-state index in [4.69, 9.17) is 0 Å². The number of guanidine groups is 1. The van der Waals surface area contributed by atoms with Crippen LogP contribution < -0.4 is 10.6 Å². The Hall–Kier alpha value is -1.70. The first-order chi connectivity index (χ1) is 10.2. The third-order valence-electron chi connectivity index (χ3n) is 3.19. The van der Waals surface area contributed by atoms with Crippen LogP contribution in [0.3, 0.4) is 0 Å². The molecular weight excluding hydrogens is 394 g/mol. The van der Waals surface area contributed by atoms with Crippen molar-refractivity contribution >= 4 is 29.9 Å². The summed E-state index contributed by atoms with van der Waals surface area (Å²) in [7, 11) is 1.68. The molecule has 0 saturated carbocycles. The van der Waals surface area contributed by atoms with Crippen molar-refractivity contribution in [1.29, 1.82) is 0 Å². The Kier molecular flexibility index (Phi) is 7.79. The zero-order valence-electron chi connectivity index (χ0n) is 12.6. The van der Waals surface area contributed by atoms with E-state index in [-0.39, 0.29) is 29.8 Å². The second-order valence-electron chi connectivity index (χ2n) is 4.64. The van der Waals surface area contributed by atoms with Gasteiger partial charge in [0, 0.05) is 19.8 Å². The second kappa shape index (κ2) is 9.34. The maximum absolute atomic E-state index is 13.5. The maximum Gasteiger partial charge on any atom is 0.191 e. The maximum atomic E-state index is 13.5. The Labute approximate surface area is 147 Å². The number of aliphatic imine (C=N–C) groups is 1. The summed E-state index contributed by atoms with van der Waals surface area (Å²) in [5, 5.41) is 6.26. The molecule has 2 N–H and O–H groups in total. The monoisotopic (exact) mass is 414 g/mol. The van der Waals surface area contributed by atoms with Crippen molar-refractivity contribution in [3.8, 4) is 0 Å². The molecule has 0 bridgehead atoms. The normalized spacial score (nSPS) is 10.8. The number of nitrogens with zero attached hydrogens (tertiary/aromatic N) is 2. The van der Waals surface area contributed by atoms with Gasteiger partial charge in [-0.05, 0) is 30.2 Å². The number of aryl methyl sites for hydroxylation is 1. The highest BCUT2D eigenvalue weighted by Gasteiger charge is 2.04. The number of nitrogens with one attached hydrogen (secondary N) is 2. The number of aromatic nitrogens is 1. The molecule has 0 fully saturated rings. The number of pyridine rings is 1. The average molecular weight is 414 g/mol. The van der Waals surface area contributed by atoms with Crippen LogP contribution in [0.25, 0.3) is 0 Å². The van der Waals surface area contributed by atoms with E-state index in [0.29, 0.717) is 24.7 Å². The molecule has 0 atom stereocenters. The molecule has 0 unspecified atom stereocenters. The lowest BCUT2D eigenvalue weighted by Gasteiger charge is -2.13. The summed E-state index contributed by atoms with van der Waals surface area (Å²) in [5.41, 5.74) is 2.79. The quantitative estimate of drug-likeness (QED) is 0.460. The molecule has 1 heterocycles. The lowest BCUT2D eigenvalue weighted by molar-refractivity contribution is 0.592. The molecule has 22 heavy (non-hydrogen) atoms. The van der Waals surface area contributed by atoms with Gasteiger partial charge in [0.05, 0.1) is 12.2 Å². The van der Waals surface area contributed by atoms with E-state index in [2.05, 4.69) is 39.7 Å². The molecule has 0 aliphatic rings. The smallest absolute Gasteiger partial charge is 0.191 e. The van der Waals surface area contributed by atoms with Crippen LogP contribution >= 0.6 is 24.0 Å². The Morgan fingerprint density at radius 2 is 1.86 bits per heavy atom. The van der Waals surface area contributed by atoms with E-state index in [9.17, 15) is 4.39 Å². The Balaban J connectivity index is 0.00000242. The van der Waals surface area contributed by atoms with Crippen LogP contribution in [0.2, 0.25) is 0 Å². The van der Waals surface area contributed by atoms with Gasteiger partial charge in [0.1, 0.15) is 5.82 Å². The van der Waals surface area contributed by atoms with Crippen LogP contribution in [0.15, 0.2) is 47.6 Å². The fraction of sp³-hybridized carbons (Fsp3) is 0.250. The largest absolute Gasteiger partial charge is 0.352 e. The molecule has 118 valence electrons. The van der Waals surface area contributed by atoms with Gasteiger partial charge in [0.25, 0.3) is 0 Å². The summed E-state index contributed by atoms with van der Waals surface area (Å²) >= 11 is 0. The standard InChI is InChI=1S/C16H19FN4.HI/c1-12-6-3-4-7-13(12)10-20-16(18-2)21-11-15-14(17)8-5-9-19-15;/h3-9H,10-11H2,1-2H3,(H2,18,20,21);1H. The topological polar surface area (TPSA) is 49.3 Å². The summed E-state index contributed by atoms with van der Waals surface area (Å²) in [6.45, 7) is 3.02. The summed E-state index contributed by atoms with van der Waals surface area (Å²) in [6, 6.07) is 11.1. The minimum atomic E-state index is -0.320. The van der Waals surface area contributed by atoms with Gasteiger partial charge in [-0.2, -0.15) is 0 Å². The minimum Gasteiger partial charge on any atom is -0.352 e. The van der Waals surface area contributed by atoms with E-state index >= 15 is 0 Å². The molecule has 0 saturated heterocycles. The lowest BCUT2D eigenvalue weighted by Crippen LogP contribution is -2.36. The fourth-order valence-electron chi connectivity index (χ4n) is 1.92. The van der Waals surface area contributed by atoms with Crippen molar-refractivity contribution in [2.45, 2.75) is 20.0 Å². The number of rotatable bonds is 4. The van der Waals surface area contributed by atoms with Crippen LogP contribution in [0.1, 0.15) is 16.8 Å². The zero-order chi connectivity index (χ0) is 15.1.